The van der Waals surface area contributed by atoms with Gasteiger partial charge in [-0.05, 0) is 25.0 Å². The molecule has 0 spiro atoms. The van der Waals surface area contributed by atoms with Crippen molar-refractivity contribution in [3.63, 3.8) is 0 Å². The summed E-state index contributed by atoms with van der Waals surface area (Å²) in [6, 6.07) is 5.49. The lowest BCUT2D eigenvalue weighted by Gasteiger charge is -2.30. The topological polar surface area (TPSA) is 59.5 Å². The Hall–Kier alpha value is -2.04. The minimum absolute atomic E-state index is 0.0665. The van der Waals surface area contributed by atoms with Crippen LogP contribution in [0.4, 0.5) is 0 Å². The maximum absolute atomic E-state index is 12.8. The normalized spacial score (nSPS) is 12.9. The smallest absolute Gasteiger partial charge is 0.276 e. The first kappa shape index (κ1) is 16.3. The zero-order chi connectivity index (χ0) is 16.3. The van der Waals surface area contributed by atoms with E-state index in [-0.39, 0.29) is 17.9 Å². The van der Waals surface area contributed by atoms with Gasteiger partial charge < -0.3 is 13.8 Å². The number of hydrogen-bond acceptors (Lipinski definition) is 4. The Morgan fingerprint density at radius 3 is 2.50 bits per heavy atom. The molecule has 120 valence electrons. The number of furan rings is 1. The van der Waals surface area contributed by atoms with Crippen molar-refractivity contribution in [2.24, 2.45) is 5.92 Å². The van der Waals surface area contributed by atoms with E-state index in [1.165, 1.54) is 0 Å². The molecule has 0 saturated carbocycles. The molecule has 1 atom stereocenters. The highest BCUT2D eigenvalue weighted by Crippen LogP contribution is 2.20. The van der Waals surface area contributed by atoms with Crippen molar-refractivity contribution in [1.29, 1.82) is 0 Å². The molecule has 2 aromatic heterocycles. The summed E-state index contributed by atoms with van der Waals surface area (Å²) in [5.74, 6) is 1.88. The Labute approximate surface area is 131 Å². The molecule has 0 aliphatic carbocycles. The van der Waals surface area contributed by atoms with E-state index in [4.69, 9.17) is 8.94 Å². The van der Waals surface area contributed by atoms with E-state index in [1.807, 2.05) is 32.9 Å². The first-order valence-electron chi connectivity index (χ1n) is 7.70. The SMILES string of the molecule is CC(C)c1cc(C(=O)N(Cc2ccco2)[C@H](C)C(C)C)no1. The Morgan fingerprint density at radius 1 is 1.27 bits per heavy atom. The Bertz CT molecular complexity index is 599. The van der Waals surface area contributed by atoms with Gasteiger partial charge in [0, 0.05) is 18.0 Å². The first-order chi connectivity index (χ1) is 10.4. The average molecular weight is 304 g/mol. The largest absolute Gasteiger partial charge is 0.467 e. The van der Waals surface area contributed by atoms with Gasteiger partial charge in [0.2, 0.25) is 0 Å². The van der Waals surface area contributed by atoms with Crippen LogP contribution in [0.3, 0.4) is 0 Å². The van der Waals surface area contributed by atoms with Crippen LogP contribution in [-0.4, -0.2) is 22.0 Å². The van der Waals surface area contributed by atoms with Gasteiger partial charge in [-0.3, -0.25) is 4.79 Å². The summed E-state index contributed by atoms with van der Waals surface area (Å²) in [6.07, 6.45) is 1.62. The highest BCUT2D eigenvalue weighted by molar-refractivity contribution is 5.92. The van der Waals surface area contributed by atoms with E-state index in [0.29, 0.717) is 18.2 Å². The molecule has 0 unspecified atom stereocenters. The second kappa shape index (κ2) is 6.81. The highest BCUT2D eigenvalue weighted by Gasteiger charge is 2.27. The summed E-state index contributed by atoms with van der Waals surface area (Å²) in [6.45, 7) is 10.7. The third-order valence-electron chi connectivity index (χ3n) is 3.94. The van der Waals surface area contributed by atoms with Gasteiger partial charge in [-0.1, -0.05) is 32.9 Å². The van der Waals surface area contributed by atoms with Crippen LogP contribution < -0.4 is 0 Å². The molecule has 0 N–H and O–H groups in total. The summed E-state index contributed by atoms with van der Waals surface area (Å²) in [5, 5.41) is 3.93. The molecule has 2 heterocycles. The van der Waals surface area contributed by atoms with Crippen LogP contribution >= 0.6 is 0 Å². The van der Waals surface area contributed by atoms with Gasteiger partial charge in [-0.15, -0.1) is 0 Å². The molecular formula is C17H24N2O3. The van der Waals surface area contributed by atoms with Gasteiger partial charge in [0.1, 0.15) is 11.5 Å². The lowest BCUT2D eigenvalue weighted by Crippen LogP contribution is -2.41. The molecule has 0 saturated heterocycles. The maximum Gasteiger partial charge on any atom is 0.276 e. The molecule has 0 bridgehead atoms. The Morgan fingerprint density at radius 2 is 2.00 bits per heavy atom. The van der Waals surface area contributed by atoms with Crippen molar-refractivity contribution in [2.75, 3.05) is 0 Å². The lowest BCUT2D eigenvalue weighted by molar-refractivity contribution is 0.0600. The number of rotatable bonds is 6. The number of amides is 1. The minimum atomic E-state index is -0.131. The fourth-order valence-electron chi connectivity index (χ4n) is 2.14. The van der Waals surface area contributed by atoms with Gasteiger partial charge >= 0.3 is 0 Å². The molecule has 5 heteroatoms. The van der Waals surface area contributed by atoms with Crippen LogP contribution in [0.5, 0.6) is 0 Å². The monoisotopic (exact) mass is 304 g/mol. The number of nitrogens with zero attached hydrogens (tertiary/aromatic N) is 2. The van der Waals surface area contributed by atoms with Gasteiger partial charge in [-0.25, -0.2) is 0 Å². The van der Waals surface area contributed by atoms with Crippen molar-refractivity contribution in [3.05, 3.63) is 41.7 Å². The average Bonchev–Trinajstić information content (AvgIpc) is 3.14. The molecule has 0 radical (unpaired) electrons. The predicted molar refractivity (Wildman–Crippen MR) is 83.5 cm³/mol. The summed E-state index contributed by atoms with van der Waals surface area (Å²) in [5.41, 5.74) is 0.350. The Balaban J connectivity index is 2.24. The fraction of sp³-hybridized carbons (Fsp3) is 0.529. The number of carbonyl (C=O) groups is 1. The molecular weight excluding hydrogens is 280 g/mol. The first-order valence-corrected chi connectivity index (χ1v) is 7.70. The van der Waals surface area contributed by atoms with Crippen molar-refractivity contribution >= 4 is 5.91 Å². The summed E-state index contributed by atoms with van der Waals surface area (Å²) >= 11 is 0. The quantitative estimate of drug-likeness (QED) is 0.807. The fourth-order valence-corrected chi connectivity index (χ4v) is 2.14. The van der Waals surface area contributed by atoms with Gasteiger partial charge in [0.25, 0.3) is 5.91 Å². The third-order valence-corrected chi connectivity index (χ3v) is 3.94. The number of carbonyl (C=O) groups excluding carboxylic acids is 1. The summed E-state index contributed by atoms with van der Waals surface area (Å²) < 4.78 is 10.6. The van der Waals surface area contributed by atoms with Crippen LogP contribution in [0.1, 0.15) is 62.5 Å². The second-order valence-electron chi connectivity index (χ2n) is 6.27. The lowest BCUT2D eigenvalue weighted by atomic mass is 10.0. The minimum Gasteiger partial charge on any atom is -0.467 e. The summed E-state index contributed by atoms with van der Waals surface area (Å²) in [4.78, 5) is 14.6. The predicted octanol–water partition coefficient (Wildman–Crippen LogP) is 4.08. The van der Waals surface area contributed by atoms with Gasteiger partial charge in [0.05, 0.1) is 12.8 Å². The zero-order valence-corrected chi connectivity index (χ0v) is 13.9. The molecule has 0 fully saturated rings. The van der Waals surface area contributed by atoms with E-state index in [9.17, 15) is 4.79 Å². The number of hydrogen-bond donors (Lipinski definition) is 0. The van der Waals surface area contributed by atoms with Gasteiger partial charge in [0.15, 0.2) is 5.69 Å². The number of aromatic nitrogens is 1. The van der Waals surface area contributed by atoms with Crippen molar-refractivity contribution < 1.29 is 13.7 Å². The molecule has 1 amide bonds. The second-order valence-corrected chi connectivity index (χ2v) is 6.27. The van der Waals surface area contributed by atoms with Crippen molar-refractivity contribution in [1.82, 2.24) is 10.1 Å². The zero-order valence-electron chi connectivity index (χ0n) is 13.9. The molecule has 22 heavy (non-hydrogen) atoms. The molecule has 2 aromatic rings. The third kappa shape index (κ3) is 3.59. The highest BCUT2D eigenvalue weighted by atomic mass is 16.5. The molecule has 2 rings (SSSR count). The molecule has 0 aliphatic rings. The summed E-state index contributed by atoms with van der Waals surface area (Å²) in [7, 11) is 0. The van der Waals surface area contributed by atoms with E-state index in [2.05, 4.69) is 19.0 Å². The van der Waals surface area contributed by atoms with Crippen LogP contribution in [0.2, 0.25) is 0 Å². The van der Waals surface area contributed by atoms with Crippen LogP contribution in [0.15, 0.2) is 33.4 Å². The Kier molecular flexibility index (Phi) is 5.06. The van der Waals surface area contributed by atoms with E-state index in [1.54, 1.807) is 17.2 Å². The molecule has 0 aliphatic heterocycles. The van der Waals surface area contributed by atoms with Crippen molar-refractivity contribution in [3.8, 4) is 0 Å². The van der Waals surface area contributed by atoms with E-state index in [0.717, 1.165) is 11.5 Å². The van der Waals surface area contributed by atoms with Crippen LogP contribution in [0, 0.1) is 5.92 Å². The van der Waals surface area contributed by atoms with Crippen LogP contribution in [0.25, 0.3) is 0 Å². The maximum atomic E-state index is 12.8. The van der Waals surface area contributed by atoms with Crippen molar-refractivity contribution in [2.45, 2.75) is 53.1 Å². The van der Waals surface area contributed by atoms with E-state index < -0.39 is 0 Å². The van der Waals surface area contributed by atoms with Gasteiger partial charge in [-0.2, -0.15) is 0 Å². The van der Waals surface area contributed by atoms with Crippen LogP contribution in [-0.2, 0) is 6.54 Å². The molecule has 0 aromatic carbocycles. The molecule has 5 nitrogen and oxygen atoms in total. The standard InChI is InChI=1S/C17H24N2O3/c1-11(2)13(5)19(10-14-7-6-8-21-14)17(20)15-9-16(12(3)4)22-18-15/h6-9,11-13H,10H2,1-5H3/t13-/m1/s1. The van der Waals surface area contributed by atoms with E-state index >= 15 is 0 Å².